The van der Waals surface area contributed by atoms with E-state index in [1.807, 2.05) is 0 Å². The molecule has 0 saturated heterocycles. The van der Waals surface area contributed by atoms with Crippen molar-refractivity contribution in [2.24, 2.45) is 5.92 Å². The number of hydrogen-bond donors (Lipinski definition) is 1. The van der Waals surface area contributed by atoms with Gasteiger partial charge in [0.15, 0.2) is 0 Å². The summed E-state index contributed by atoms with van der Waals surface area (Å²) in [6.45, 7) is 2.34. The summed E-state index contributed by atoms with van der Waals surface area (Å²) in [5.74, 6) is 1.07. The first kappa shape index (κ1) is 7.60. The topological polar surface area (TPSA) is 12.0 Å². The summed E-state index contributed by atoms with van der Waals surface area (Å²) in [4.78, 5) is 0. The highest BCUT2D eigenvalue weighted by Crippen LogP contribution is 2.31. The van der Waals surface area contributed by atoms with Crippen LogP contribution in [0.3, 0.4) is 0 Å². The number of nitrogens with one attached hydrogen (secondary N) is 1. The molecule has 1 heteroatoms. The summed E-state index contributed by atoms with van der Waals surface area (Å²) in [7, 11) is 0. The lowest BCUT2D eigenvalue weighted by molar-refractivity contribution is 0.265. The second-order valence-electron chi connectivity index (χ2n) is 4.37. The Kier molecular flexibility index (Phi) is 2.17. The quantitative estimate of drug-likeness (QED) is 0.653. The Hall–Kier alpha value is -0.0400. The average Bonchev–Trinajstić information content (AvgIpc) is 2.62. The van der Waals surface area contributed by atoms with E-state index in [1.165, 1.54) is 38.5 Å². The molecule has 0 amide bonds. The Balaban J connectivity index is 1.59. The molecule has 1 atom stereocenters. The lowest BCUT2D eigenvalue weighted by Gasteiger charge is -2.28. The zero-order valence-corrected chi connectivity index (χ0v) is 7.47. The van der Waals surface area contributed by atoms with Gasteiger partial charge in [-0.3, -0.25) is 0 Å². The van der Waals surface area contributed by atoms with Gasteiger partial charge in [0.25, 0.3) is 0 Å². The SMILES string of the molecule is CC(CC1CCC1)NC1CC1. The zero-order valence-electron chi connectivity index (χ0n) is 7.47. The van der Waals surface area contributed by atoms with Gasteiger partial charge in [-0.1, -0.05) is 19.3 Å². The summed E-state index contributed by atoms with van der Waals surface area (Å²) in [5, 5.41) is 3.65. The van der Waals surface area contributed by atoms with Gasteiger partial charge in [-0.25, -0.2) is 0 Å². The molecule has 0 spiro atoms. The summed E-state index contributed by atoms with van der Waals surface area (Å²) in [6.07, 6.45) is 8.76. The number of hydrogen-bond acceptors (Lipinski definition) is 1. The molecule has 2 saturated carbocycles. The van der Waals surface area contributed by atoms with Gasteiger partial charge in [0.1, 0.15) is 0 Å². The smallest absolute Gasteiger partial charge is 0.00706 e. The third kappa shape index (κ3) is 2.19. The zero-order chi connectivity index (χ0) is 7.68. The van der Waals surface area contributed by atoms with E-state index in [1.54, 1.807) is 0 Å². The predicted octanol–water partition coefficient (Wildman–Crippen LogP) is 2.32. The monoisotopic (exact) mass is 153 g/mol. The van der Waals surface area contributed by atoms with Crippen LogP contribution < -0.4 is 5.32 Å². The van der Waals surface area contributed by atoms with Crippen molar-refractivity contribution in [3.63, 3.8) is 0 Å². The van der Waals surface area contributed by atoms with Crippen molar-refractivity contribution in [1.82, 2.24) is 5.32 Å². The molecule has 2 aliphatic carbocycles. The molecule has 1 nitrogen and oxygen atoms in total. The average molecular weight is 153 g/mol. The van der Waals surface area contributed by atoms with Crippen molar-refractivity contribution in [2.75, 3.05) is 0 Å². The second-order valence-corrected chi connectivity index (χ2v) is 4.37. The van der Waals surface area contributed by atoms with Crippen molar-refractivity contribution in [1.29, 1.82) is 0 Å². The molecule has 0 aromatic rings. The normalized spacial score (nSPS) is 28.1. The lowest BCUT2D eigenvalue weighted by atomic mass is 9.81. The van der Waals surface area contributed by atoms with Gasteiger partial charge in [-0.05, 0) is 32.1 Å². The summed E-state index contributed by atoms with van der Waals surface area (Å²) >= 11 is 0. The van der Waals surface area contributed by atoms with E-state index in [9.17, 15) is 0 Å². The maximum absolute atomic E-state index is 3.65. The molecule has 2 rings (SSSR count). The minimum absolute atomic E-state index is 0.785. The summed E-state index contributed by atoms with van der Waals surface area (Å²) in [6, 6.07) is 1.68. The molecule has 0 aliphatic heterocycles. The van der Waals surface area contributed by atoms with E-state index in [0.717, 1.165) is 18.0 Å². The van der Waals surface area contributed by atoms with Crippen LogP contribution in [0.25, 0.3) is 0 Å². The Labute approximate surface area is 69.6 Å². The Morgan fingerprint density at radius 1 is 1.27 bits per heavy atom. The van der Waals surface area contributed by atoms with Gasteiger partial charge < -0.3 is 5.32 Å². The van der Waals surface area contributed by atoms with E-state index in [-0.39, 0.29) is 0 Å². The number of rotatable bonds is 4. The van der Waals surface area contributed by atoms with Crippen LogP contribution in [0.15, 0.2) is 0 Å². The Morgan fingerprint density at radius 2 is 2.00 bits per heavy atom. The van der Waals surface area contributed by atoms with Crippen LogP contribution in [-0.4, -0.2) is 12.1 Å². The Bertz CT molecular complexity index is 125. The van der Waals surface area contributed by atoms with E-state index in [2.05, 4.69) is 12.2 Å². The first-order valence-electron chi connectivity index (χ1n) is 5.10. The molecule has 2 aliphatic rings. The van der Waals surface area contributed by atoms with Crippen LogP contribution in [-0.2, 0) is 0 Å². The van der Waals surface area contributed by atoms with Crippen LogP contribution in [0.2, 0.25) is 0 Å². The van der Waals surface area contributed by atoms with Crippen LogP contribution >= 0.6 is 0 Å². The third-order valence-corrected chi connectivity index (χ3v) is 3.01. The van der Waals surface area contributed by atoms with E-state index < -0.39 is 0 Å². The van der Waals surface area contributed by atoms with Gasteiger partial charge in [-0.2, -0.15) is 0 Å². The van der Waals surface area contributed by atoms with Gasteiger partial charge in [-0.15, -0.1) is 0 Å². The van der Waals surface area contributed by atoms with Gasteiger partial charge in [0.2, 0.25) is 0 Å². The van der Waals surface area contributed by atoms with Crippen LogP contribution in [0, 0.1) is 5.92 Å². The van der Waals surface area contributed by atoms with E-state index >= 15 is 0 Å². The lowest BCUT2D eigenvalue weighted by Crippen LogP contribution is -2.31. The molecule has 0 radical (unpaired) electrons. The minimum atomic E-state index is 0.785. The highest BCUT2D eigenvalue weighted by atomic mass is 15.0. The van der Waals surface area contributed by atoms with Crippen molar-refractivity contribution in [3.05, 3.63) is 0 Å². The first-order chi connectivity index (χ1) is 5.34. The highest BCUT2D eigenvalue weighted by molar-refractivity contribution is 4.85. The minimum Gasteiger partial charge on any atom is -0.311 e. The van der Waals surface area contributed by atoms with E-state index in [4.69, 9.17) is 0 Å². The molecule has 0 heterocycles. The molecule has 64 valence electrons. The summed E-state index contributed by atoms with van der Waals surface area (Å²) in [5.41, 5.74) is 0. The van der Waals surface area contributed by atoms with Crippen molar-refractivity contribution in [2.45, 2.75) is 57.5 Å². The standard InChI is InChI=1S/C10H19N/c1-8(11-10-5-6-10)7-9-3-2-4-9/h8-11H,2-7H2,1H3. The fourth-order valence-electron chi connectivity index (χ4n) is 1.95. The Morgan fingerprint density at radius 3 is 2.45 bits per heavy atom. The molecule has 0 bridgehead atoms. The fraction of sp³-hybridized carbons (Fsp3) is 1.00. The van der Waals surface area contributed by atoms with Crippen LogP contribution in [0.1, 0.15) is 45.4 Å². The van der Waals surface area contributed by atoms with Crippen molar-refractivity contribution >= 4 is 0 Å². The molecular formula is C10H19N. The molecule has 11 heavy (non-hydrogen) atoms. The van der Waals surface area contributed by atoms with Gasteiger partial charge in [0.05, 0.1) is 0 Å². The van der Waals surface area contributed by atoms with Gasteiger partial charge >= 0.3 is 0 Å². The third-order valence-electron chi connectivity index (χ3n) is 3.01. The molecular weight excluding hydrogens is 134 g/mol. The second kappa shape index (κ2) is 3.14. The largest absolute Gasteiger partial charge is 0.311 e. The molecule has 0 aromatic carbocycles. The summed E-state index contributed by atoms with van der Waals surface area (Å²) < 4.78 is 0. The van der Waals surface area contributed by atoms with Crippen molar-refractivity contribution in [3.8, 4) is 0 Å². The van der Waals surface area contributed by atoms with Gasteiger partial charge in [0, 0.05) is 12.1 Å². The van der Waals surface area contributed by atoms with Crippen molar-refractivity contribution < 1.29 is 0 Å². The predicted molar refractivity (Wildman–Crippen MR) is 47.6 cm³/mol. The molecule has 0 aromatic heterocycles. The maximum atomic E-state index is 3.65. The van der Waals surface area contributed by atoms with Crippen LogP contribution in [0.4, 0.5) is 0 Å². The molecule has 1 N–H and O–H groups in total. The first-order valence-corrected chi connectivity index (χ1v) is 5.10. The fourth-order valence-corrected chi connectivity index (χ4v) is 1.95. The van der Waals surface area contributed by atoms with E-state index in [0.29, 0.717) is 0 Å². The maximum Gasteiger partial charge on any atom is 0.00706 e. The van der Waals surface area contributed by atoms with Crippen LogP contribution in [0.5, 0.6) is 0 Å². The molecule has 2 fully saturated rings. The highest BCUT2D eigenvalue weighted by Gasteiger charge is 2.25. The molecule has 1 unspecified atom stereocenters.